The molecular formula is C23H15ClF2N2O. The standard InChI is InChI=1S/C23H15ClF2N2O/c1-13-21(23(29)28-16-8-9-18(25)19(26)12-16)22(14-5-3-2-4-6-14)17-11-15(24)7-10-20(17)27-13/h2-12H,1H3,(H,28,29). The Kier molecular flexibility index (Phi) is 4.99. The minimum absolute atomic E-state index is 0.151. The van der Waals surface area contributed by atoms with Crippen LogP contribution in [-0.2, 0) is 0 Å². The predicted molar refractivity (Wildman–Crippen MR) is 111 cm³/mol. The van der Waals surface area contributed by atoms with E-state index >= 15 is 0 Å². The minimum Gasteiger partial charge on any atom is -0.322 e. The number of amides is 1. The first kappa shape index (κ1) is 19.0. The minimum atomic E-state index is -1.04. The van der Waals surface area contributed by atoms with Crippen molar-refractivity contribution in [3.8, 4) is 11.1 Å². The average Bonchev–Trinajstić information content (AvgIpc) is 2.70. The van der Waals surface area contributed by atoms with Crippen LogP contribution in [0.25, 0.3) is 22.0 Å². The molecule has 1 amide bonds. The van der Waals surface area contributed by atoms with E-state index in [0.29, 0.717) is 27.4 Å². The number of anilines is 1. The number of benzene rings is 3. The molecule has 0 aliphatic carbocycles. The first-order valence-electron chi connectivity index (χ1n) is 8.86. The highest BCUT2D eigenvalue weighted by atomic mass is 35.5. The van der Waals surface area contributed by atoms with E-state index in [1.165, 1.54) is 6.07 Å². The molecule has 6 heteroatoms. The number of rotatable bonds is 3. The van der Waals surface area contributed by atoms with Gasteiger partial charge in [-0.05, 0) is 42.8 Å². The van der Waals surface area contributed by atoms with Gasteiger partial charge >= 0.3 is 0 Å². The second kappa shape index (κ2) is 7.60. The molecule has 0 aliphatic rings. The first-order valence-corrected chi connectivity index (χ1v) is 9.23. The van der Waals surface area contributed by atoms with Gasteiger partial charge in [0.1, 0.15) is 0 Å². The van der Waals surface area contributed by atoms with Gasteiger partial charge in [-0.25, -0.2) is 8.78 Å². The molecule has 0 spiro atoms. The van der Waals surface area contributed by atoms with Crippen molar-refractivity contribution in [2.75, 3.05) is 5.32 Å². The van der Waals surface area contributed by atoms with Gasteiger partial charge in [-0.2, -0.15) is 0 Å². The van der Waals surface area contributed by atoms with Crippen molar-refractivity contribution in [1.82, 2.24) is 4.98 Å². The number of aromatic nitrogens is 1. The summed E-state index contributed by atoms with van der Waals surface area (Å²) >= 11 is 6.21. The van der Waals surface area contributed by atoms with Gasteiger partial charge in [0.2, 0.25) is 0 Å². The fourth-order valence-corrected chi connectivity index (χ4v) is 3.48. The molecule has 0 bridgehead atoms. The Morgan fingerprint density at radius 2 is 1.72 bits per heavy atom. The van der Waals surface area contributed by atoms with Gasteiger partial charge in [0, 0.05) is 27.7 Å². The Hall–Kier alpha value is -3.31. The Balaban J connectivity index is 1.92. The summed E-state index contributed by atoms with van der Waals surface area (Å²) < 4.78 is 26.8. The zero-order chi connectivity index (χ0) is 20.5. The van der Waals surface area contributed by atoms with E-state index in [-0.39, 0.29) is 5.69 Å². The van der Waals surface area contributed by atoms with Crippen LogP contribution >= 0.6 is 11.6 Å². The Morgan fingerprint density at radius 3 is 2.45 bits per heavy atom. The van der Waals surface area contributed by atoms with Gasteiger partial charge in [0.25, 0.3) is 5.91 Å². The highest BCUT2D eigenvalue weighted by Crippen LogP contribution is 2.35. The van der Waals surface area contributed by atoms with Crippen LogP contribution in [0.15, 0.2) is 66.7 Å². The Bertz CT molecular complexity index is 1240. The van der Waals surface area contributed by atoms with E-state index in [2.05, 4.69) is 10.3 Å². The smallest absolute Gasteiger partial charge is 0.258 e. The van der Waals surface area contributed by atoms with Crippen LogP contribution in [0.5, 0.6) is 0 Å². The van der Waals surface area contributed by atoms with Crippen LogP contribution in [0.2, 0.25) is 5.02 Å². The predicted octanol–water partition coefficient (Wildman–Crippen LogP) is 6.39. The summed E-state index contributed by atoms with van der Waals surface area (Å²) in [4.78, 5) is 17.7. The van der Waals surface area contributed by atoms with E-state index in [1.54, 1.807) is 25.1 Å². The van der Waals surface area contributed by atoms with Crippen molar-refractivity contribution in [3.05, 3.63) is 94.6 Å². The SMILES string of the molecule is Cc1nc2ccc(Cl)cc2c(-c2ccccc2)c1C(=O)Nc1ccc(F)c(F)c1. The summed E-state index contributed by atoms with van der Waals surface area (Å²) in [5, 5.41) is 3.89. The van der Waals surface area contributed by atoms with Crippen molar-refractivity contribution in [3.63, 3.8) is 0 Å². The zero-order valence-electron chi connectivity index (χ0n) is 15.3. The lowest BCUT2D eigenvalue weighted by molar-refractivity contribution is 0.102. The molecule has 0 saturated heterocycles. The van der Waals surface area contributed by atoms with E-state index < -0.39 is 17.5 Å². The second-order valence-corrected chi connectivity index (χ2v) is 6.99. The number of carbonyl (C=O) groups excluding carboxylic acids is 1. The topological polar surface area (TPSA) is 42.0 Å². The summed E-state index contributed by atoms with van der Waals surface area (Å²) in [6.07, 6.45) is 0. The average molecular weight is 409 g/mol. The number of hydrogen-bond donors (Lipinski definition) is 1. The molecule has 0 fully saturated rings. The van der Waals surface area contributed by atoms with E-state index in [1.807, 2.05) is 30.3 Å². The van der Waals surface area contributed by atoms with E-state index in [9.17, 15) is 13.6 Å². The molecule has 0 unspecified atom stereocenters. The molecule has 4 aromatic rings. The Morgan fingerprint density at radius 1 is 0.966 bits per heavy atom. The van der Waals surface area contributed by atoms with Crippen LogP contribution in [0.3, 0.4) is 0 Å². The number of hydrogen-bond acceptors (Lipinski definition) is 2. The number of nitrogens with one attached hydrogen (secondary N) is 1. The van der Waals surface area contributed by atoms with Gasteiger partial charge in [-0.1, -0.05) is 41.9 Å². The lowest BCUT2D eigenvalue weighted by Crippen LogP contribution is -2.16. The first-order chi connectivity index (χ1) is 13.9. The second-order valence-electron chi connectivity index (χ2n) is 6.56. The normalized spacial score (nSPS) is 10.9. The molecule has 0 saturated carbocycles. The van der Waals surface area contributed by atoms with Crippen molar-refractivity contribution < 1.29 is 13.6 Å². The molecule has 0 aliphatic heterocycles. The summed E-state index contributed by atoms with van der Waals surface area (Å²) in [5.41, 5.74) is 3.21. The van der Waals surface area contributed by atoms with Crippen molar-refractivity contribution in [1.29, 1.82) is 0 Å². The number of fused-ring (bicyclic) bond motifs is 1. The van der Waals surface area contributed by atoms with E-state index in [0.717, 1.165) is 23.1 Å². The van der Waals surface area contributed by atoms with Gasteiger partial charge < -0.3 is 5.32 Å². The zero-order valence-corrected chi connectivity index (χ0v) is 16.1. The molecule has 0 atom stereocenters. The summed E-state index contributed by atoms with van der Waals surface area (Å²) in [5.74, 6) is -2.49. The fourth-order valence-electron chi connectivity index (χ4n) is 3.31. The molecule has 3 aromatic carbocycles. The maximum atomic E-state index is 13.6. The van der Waals surface area contributed by atoms with Crippen LogP contribution in [0, 0.1) is 18.6 Å². The number of carbonyl (C=O) groups is 1. The number of aryl methyl sites for hydroxylation is 1. The van der Waals surface area contributed by atoms with Gasteiger partial charge in [0.15, 0.2) is 11.6 Å². The fraction of sp³-hybridized carbons (Fsp3) is 0.0435. The van der Waals surface area contributed by atoms with Crippen LogP contribution < -0.4 is 5.32 Å². The summed E-state index contributed by atoms with van der Waals surface area (Å²) in [6.45, 7) is 1.74. The summed E-state index contributed by atoms with van der Waals surface area (Å²) in [6, 6.07) is 17.9. The highest BCUT2D eigenvalue weighted by molar-refractivity contribution is 6.31. The number of pyridine rings is 1. The van der Waals surface area contributed by atoms with Crippen molar-refractivity contribution in [2.24, 2.45) is 0 Å². The highest BCUT2D eigenvalue weighted by Gasteiger charge is 2.21. The van der Waals surface area contributed by atoms with Gasteiger partial charge in [0.05, 0.1) is 16.8 Å². The van der Waals surface area contributed by atoms with Crippen molar-refractivity contribution >= 4 is 34.1 Å². The van der Waals surface area contributed by atoms with Crippen LogP contribution in [0.4, 0.5) is 14.5 Å². The van der Waals surface area contributed by atoms with Crippen LogP contribution in [-0.4, -0.2) is 10.9 Å². The number of nitrogens with zero attached hydrogens (tertiary/aromatic N) is 1. The maximum Gasteiger partial charge on any atom is 0.258 e. The maximum absolute atomic E-state index is 13.6. The van der Waals surface area contributed by atoms with Crippen molar-refractivity contribution in [2.45, 2.75) is 6.92 Å². The molecule has 1 heterocycles. The molecule has 0 radical (unpaired) electrons. The third kappa shape index (κ3) is 3.69. The monoisotopic (exact) mass is 408 g/mol. The number of halogens is 3. The summed E-state index contributed by atoms with van der Waals surface area (Å²) in [7, 11) is 0. The molecule has 4 rings (SSSR count). The molecular weight excluding hydrogens is 394 g/mol. The quantitative estimate of drug-likeness (QED) is 0.426. The Labute approximate surface area is 171 Å². The largest absolute Gasteiger partial charge is 0.322 e. The van der Waals surface area contributed by atoms with Gasteiger partial charge in [-0.3, -0.25) is 9.78 Å². The lowest BCUT2D eigenvalue weighted by Gasteiger charge is -2.16. The van der Waals surface area contributed by atoms with Gasteiger partial charge in [-0.15, -0.1) is 0 Å². The third-order valence-electron chi connectivity index (χ3n) is 4.59. The molecule has 29 heavy (non-hydrogen) atoms. The van der Waals surface area contributed by atoms with E-state index in [4.69, 9.17) is 11.6 Å². The molecule has 144 valence electrons. The van der Waals surface area contributed by atoms with Crippen LogP contribution in [0.1, 0.15) is 16.1 Å². The third-order valence-corrected chi connectivity index (χ3v) is 4.83. The molecule has 1 aromatic heterocycles. The molecule has 3 nitrogen and oxygen atoms in total. The molecule has 1 N–H and O–H groups in total. The lowest BCUT2D eigenvalue weighted by atomic mass is 9.94.